The summed E-state index contributed by atoms with van der Waals surface area (Å²) in [5, 5.41) is 0. The minimum absolute atomic E-state index is 0.0140. The molecular weight excluding hydrogens is 212 g/mol. The zero-order valence-corrected chi connectivity index (χ0v) is 9.17. The Labute approximate surface area is 91.9 Å². The van der Waals surface area contributed by atoms with Crippen LogP contribution in [0.2, 0.25) is 0 Å². The van der Waals surface area contributed by atoms with Crippen LogP contribution in [0.15, 0.2) is 12.1 Å². The monoisotopic (exact) mass is 225 g/mol. The zero-order chi connectivity index (χ0) is 11.9. The van der Waals surface area contributed by atoms with Gasteiger partial charge in [-0.3, -0.25) is 0 Å². The van der Waals surface area contributed by atoms with E-state index in [1.54, 1.807) is 4.57 Å². The summed E-state index contributed by atoms with van der Waals surface area (Å²) in [6, 6.07) is 2.53. The summed E-state index contributed by atoms with van der Waals surface area (Å²) in [5.41, 5.74) is 6.17. The van der Waals surface area contributed by atoms with E-state index in [2.05, 4.69) is 4.98 Å². The molecule has 5 heteroatoms. The number of halogens is 2. The number of benzene rings is 1. The number of fused-ring (bicyclic) bond motifs is 1. The van der Waals surface area contributed by atoms with Crippen LogP contribution in [0, 0.1) is 11.6 Å². The average Bonchev–Trinajstić information content (AvgIpc) is 2.62. The Bertz CT molecular complexity index is 531. The fraction of sp³-hybridized carbons (Fsp3) is 0.364. The summed E-state index contributed by atoms with van der Waals surface area (Å²) in [6.07, 6.45) is 0. The first-order chi connectivity index (χ1) is 7.56. The van der Waals surface area contributed by atoms with E-state index >= 15 is 0 Å². The van der Waals surface area contributed by atoms with Gasteiger partial charge in [0.1, 0.15) is 11.3 Å². The molecule has 86 valence electrons. The van der Waals surface area contributed by atoms with Gasteiger partial charge in [0, 0.05) is 6.04 Å². The zero-order valence-electron chi connectivity index (χ0n) is 9.17. The minimum Gasteiger partial charge on any atom is -0.324 e. The maximum Gasteiger partial charge on any atom is 0.184 e. The summed E-state index contributed by atoms with van der Waals surface area (Å²) in [5.74, 6) is -1.16. The van der Waals surface area contributed by atoms with Crippen LogP contribution in [-0.4, -0.2) is 9.55 Å². The normalized spacial score (nSPS) is 11.6. The number of imidazole rings is 1. The van der Waals surface area contributed by atoms with Crippen molar-refractivity contribution in [1.82, 2.24) is 9.55 Å². The van der Waals surface area contributed by atoms with Crippen molar-refractivity contribution in [2.75, 3.05) is 0 Å². The summed E-state index contributed by atoms with van der Waals surface area (Å²) < 4.78 is 28.5. The minimum atomic E-state index is -0.863. The van der Waals surface area contributed by atoms with Crippen molar-refractivity contribution in [2.24, 2.45) is 5.73 Å². The van der Waals surface area contributed by atoms with Gasteiger partial charge in [-0.1, -0.05) is 0 Å². The predicted molar refractivity (Wildman–Crippen MR) is 57.9 cm³/mol. The highest BCUT2D eigenvalue weighted by molar-refractivity contribution is 5.77. The number of hydrogen-bond acceptors (Lipinski definition) is 2. The van der Waals surface area contributed by atoms with E-state index in [4.69, 9.17) is 5.73 Å². The molecule has 16 heavy (non-hydrogen) atoms. The maximum absolute atomic E-state index is 13.7. The molecule has 1 aromatic heterocycles. The van der Waals surface area contributed by atoms with E-state index in [9.17, 15) is 8.78 Å². The lowest BCUT2D eigenvalue weighted by molar-refractivity contribution is 0.503. The SMILES string of the molecule is CC(C)n1c(CN)nc2ccc(F)c(F)c21. The predicted octanol–water partition coefficient (Wildman–Crippen LogP) is 2.35. The van der Waals surface area contributed by atoms with Crippen LogP contribution in [0.25, 0.3) is 11.0 Å². The Balaban J connectivity index is 2.86. The lowest BCUT2D eigenvalue weighted by Crippen LogP contribution is -2.11. The van der Waals surface area contributed by atoms with Gasteiger partial charge < -0.3 is 10.3 Å². The number of rotatable bonds is 2. The smallest absolute Gasteiger partial charge is 0.184 e. The van der Waals surface area contributed by atoms with Gasteiger partial charge in [-0.15, -0.1) is 0 Å². The topological polar surface area (TPSA) is 43.8 Å². The fourth-order valence-electron chi connectivity index (χ4n) is 1.87. The molecule has 1 heterocycles. The molecule has 0 saturated carbocycles. The van der Waals surface area contributed by atoms with Crippen molar-refractivity contribution in [3.63, 3.8) is 0 Å². The highest BCUT2D eigenvalue weighted by atomic mass is 19.2. The van der Waals surface area contributed by atoms with Crippen LogP contribution in [-0.2, 0) is 6.54 Å². The van der Waals surface area contributed by atoms with Crippen molar-refractivity contribution in [3.05, 3.63) is 29.6 Å². The molecule has 3 nitrogen and oxygen atoms in total. The number of aromatic nitrogens is 2. The Morgan fingerprint density at radius 1 is 1.38 bits per heavy atom. The molecule has 0 unspecified atom stereocenters. The molecule has 2 aromatic rings. The van der Waals surface area contributed by atoms with E-state index in [0.717, 1.165) is 6.07 Å². The molecule has 0 fully saturated rings. The summed E-state index contributed by atoms with van der Waals surface area (Å²) in [7, 11) is 0. The molecule has 0 atom stereocenters. The summed E-state index contributed by atoms with van der Waals surface area (Å²) in [4.78, 5) is 4.19. The molecule has 1 aromatic carbocycles. The molecular formula is C11H13F2N3. The van der Waals surface area contributed by atoms with Crippen molar-refractivity contribution >= 4 is 11.0 Å². The molecule has 0 aliphatic carbocycles. The summed E-state index contributed by atoms with van der Waals surface area (Å²) >= 11 is 0. The Morgan fingerprint density at radius 2 is 2.06 bits per heavy atom. The van der Waals surface area contributed by atoms with Crippen LogP contribution in [0.5, 0.6) is 0 Å². The van der Waals surface area contributed by atoms with Crippen LogP contribution in [0.1, 0.15) is 25.7 Å². The van der Waals surface area contributed by atoms with E-state index in [1.165, 1.54) is 6.07 Å². The molecule has 0 amide bonds. The molecule has 0 bridgehead atoms. The number of hydrogen-bond donors (Lipinski definition) is 1. The van der Waals surface area contributed by atoms with E-state index in [1.807, 2.05) is 13.8 Å². The Hall–Kier alpha value is -1.49. The lowest BCUT2D eigenvalue weighted by Gasteiger charge is -2.12. The summed E-state index contributed by atoms with van der Waals surface area (Å²) in [6.45, 7) is 3.96. The van der Waals surface area contributed by atoms with E-state index in [-0.39, 0.29) is 18.1 Å². The van der Waals surface area contributed by atoms with Crippen molar-refractivity contribution in [1.29, 1.82) is 0 Å². The average molecular weight is 225 g/mol. The van der Waals surface area contributed by atoms with Crippen LogP contribution in [0.3, 0.4) is 0 Å². The standard InChI is InChI=1S/C11H13F2N3/c1-6(2)16-9(5-14)15-8-4-3-7(12)10(13)11(8)16/h3-4,6H,5,14H2,1-2H3. The third-order valence-electron chi connectivity index (χ3n) is 2.52. The molecule has 2 N–H and O–H groups in total. The van der Waals surface area contributed by atoms with Gasteiger partial charge >= 0.3 is 0 Å². The van der Waals surface area contributed by atoms with Gasteiger partial charge in [-0.25, -0.2) is 13.8 Å². The maximum atomic E-state index is 13.7. The molecule has 0 saturated heterocycles. The Kier molecular flexibility index (Phi) is 2.63. The van der Waals surface area contributed by atoms with Gasteiger partial charge in [-0.05, 0) is 26.0 Å². The second-order valence-corrected chi connectivity index (χ2v) is 3.93. The van der Waals surface area contributed by atoms with Crippen molar-refractivity contribution in [2.45, 2.75) is 26.4 Å². The van der Waals surface area contributed by atoms with Crippen LogP contribution < -0.4 is 5.73 Å². The van der Waals surface area contributed by atoms with E-state index < -0.39 is 11.6 Å². The lowest BCUT2D eigenvalue weighted by atomic mass is 10.2. The molecule has 0 aliphatic heterocycles. The first kappa shape index (κ1) is 11.0. The quantitative estimate of drug-likeness (QED) is 0.852. The first-order valence-corrected chi connectivity index (χ1v) is 5.11. The number of nitrogens with zero attached hydrogens (tertiary/aromatic N) is 2. The van der Waals surface area contributed by atoms with Crippen LogP contribution >= 0.6 is 0 Å². The molecule has 0 radical (unpaired) electrons. The van der Waals surface area contributed by atoms with Gasteiger partial charge in [-0.2, -0.15) is 0 Å². The third-order valence-corrected chi connectivity index (χ3v) is 2.52. The Morgan fingerprint density at radius 3 is 2.62 bits per heavy atom. The van der Waals surface area contributed by atoms with Gasteiger partial charge in [0.25, 0.3) is 0 Å². The fourth-order valence-corrected chi connectivity index (χ4v) is 1.87. The number of nitrogens with two attached hydrogens (primary N) is 1. The van der Waals surface area contributed by atoms with Gasteiger partial charge in [0.15, 0.2) is 11.6 Å². The third kappa shape index (κ3) is 1.48. The second kappa shape index (κ2) is 3.83. The highest BCUT2D eigenvalue weighted by Crippen LogP contribution is 2.25. The molecule has 0 spiro atoms. The van der Waals surface area contributed by atoms with Gasteiger partial charge in [0.05, 0.1) is 12.1 Å². The van der Waals surface area contributed by atoms with E-state index in [0.29, 0.717) is 11.3 Å². The molecule has 2 rings (SSSR count). The first-order valence-electron chi connectivity index (χ1n) is 5.11. The largest absolute Gasteiger partial charge is 0.324 e. The van der Waals surface area contributed by atoms with Gasteiger partial charge in [0.2, 0.25) is 0 Å². The highest BCUT2D eigenvalue weighted by Gasteiger charge is 2.18. The molecule has 0 aliphatic rings. The van der Waals surface area contributed by atoms with Crippen LogP contribution in [0.4, 0.5) is 8.78 Å². The second-order valence-electron chi connectivity index (χ2n) is 3.93. The van der Waals surface area contributed by atoms with Crippen molar-refractivity contribution in [3.8, 4) is 0 Å². The van der Waals surface area contributed by atoms with Crippen molar-refractivity contribution < 1.29 is 8.78 Å².